The minimum Gasteiger partial charge on any atom is -0.497 e. The molecule has 22 heavy (non-hydrogen) atoms. The largest absolute Gasteiger partial charge is 0.497 e. The molecule has 0 aliphatic heterocycles. The van der Waals surface area contributed by atoms with Gasteiger partial charge in [-0.15, -0.1) is 0 Å². The molecule has 0 radical (unpaired) electrons. The first-order valence-corrected chi connectivity index (χ1v) is 6.78. The topological polar surface area (TPSA) is 80.6 Å². The molecule has 0 spiro atoms. The van der Waals surface area contributed by atoms with Gasteiger partial charge in [-0.2, -0.15) is 0 Å². The molecule has 1 aromatic carbocycles. The summed E-state index contributed by atoms with van der Waals surface area (Å²) in [5.74, 6) is 0.775. The molecule has 0 aliphatic rings. The number of ether oxygens (including phenoxy) is 1. The molecule has 0 saturated heterocycles. The maximum absolute atomic E-state index is 11.9. The average molecular weight is 302 g/mol. The number of aryl methyl sites for hydroxylation is 2. The van der Waals surface area contributed by atoms with Crippen LogP contribution in [0.1, 0.15) is 21.9 Å². The molecule has 1 aromatic heterocycles. The monoisotopic (exact) mass is 302 g/mol. The van der Waals surface area contributed by atoms with Crippen LogP contribution in [0, 0.1) is 13.8 Å². The van der Waals surface area contributed by atoms with Crippen LogP contribution < -0.4 is 15.4 Å². The van der Waals surface area contributed by atoms with Gasteiger partial charge in [0, 0.05) is 11.8 Å². The van der Waals surface area contributed by atoms with Crippen LogP contribution in [0.25, 0.3) is 0 Å². The van der Waals surface area contributed by atoms with Crippen LogP contribution in [-0.2, 0) is 4.79 Å². The number of carbonyl (C=O) groups excluding carboxylic acids is 2. The zero-order valence-corrected chi connectivity index (χ0v) is 12.7. The Morgan fingerprint density at radius 3 is 2.64 bits per heavy atom. The lowest BCUT2D eigenvalue weighted by atomic mass is 10.3. The molecule has 0 atom stereocenters. The summed E-state index contributed by atoms with van der Waals surface area (Å²) in [7, 11) is 1.55. The third-order valence-corrected chi connectivity index (χ3v) is 3.15. The molecule has 2 aromatic rings. The van der Waals surface area contributed by atoms with Crippen LogP contribution in [0.15, 0.2) is 34.7 Å². The summed E-state index contributed by atoms with van der Waals surface area (Å²) in [5.41, 5.74) is 1.49. The predicted octanol–water partition coefficient (Wildman–Crippen LogP) is 2.27. The Morgan fingerprint density at radius 1 is 1.23 bits per heavy atom. The average Bonchev–Trinajstić information content (AvgIpc) is 2.84. The molecular weight excluding hydrogens is 284 g/mol. The molecule has 6 nitrogen and oxygen atoms in total. The fourth-order valence-corrected chi connectivity index (χ4v) is 1.84. The normalized spacial score (nSPS) is 10.1. The first kappa shape index (κ1) is 15.6. The van der Waals surface area contributed by atoms with Crippen molar-refractivity contribution in [3.63, 3.8) is 0 Å². The van der Waals surface area contributed by atoms with E-state index >= 15 is 0 Å². The number of hydrogen-bond acceptors (Lipinski definition) is 4. The van der Waals surface area contributed by atoms with Gasteiger partial charge in [0.1, 0.15) is 11.5 Å². The van der Waals surface area contributed by atoms with Crippen molar-refractivity contribution in [2.45, 2.75) is 13.8 Å². The third-order valence-electron chi connectivity index (χ3n) is 3.15. The summed E-state index contributed by atoms with van der Waals surface area (Å²) in [6.45, 7) is 3.49. The van der Waals surface area contributed by atoms with E-state index in [1.165, 1.54) is 0 Å². The minimum absolute atomic E-state index is 0.144. The highest BCUT2D eigenvalue weighted by molar-refractivity contribution is 5.98. The van der Waals surface area contributed by atoms with Crippen molar-refractivity contribution in [2.24, 2.45) is 0 Å². The molecule has 116 valence electrons. The second-order valence-electron chi connectivity index (χ2n) is 4.81. The Hall–Kier alpha value is -2.76. The summed E-state index contributed by atoms with van der Waals surface area (Å²) >= 11 is 0. The number of hydrogen-bond donors (Lipinski definition) is 2. The first-order chi connectivity index (χ1) is 10.5. The van der Waals surface area contributed by atoms with Gasteiger partial charge in [0.2, 0.25) is 5.91 Å². The summed E-state index contributed by atoms with van der Waals surface area (Å²) in [5, 5.41) is 5.19. The van der Waals surface area contributed by atoms with Gasteiger partial charge < -0.3 is 19.8 Å². The molecule has 2 N–H and O–H groups in total. The summed E-state index contributed by atoms with van der Waals surface area (Å²) in [6.07, 6.45) is 0. The van der Waals surface area contributed by atoms with Crippen LogP contribution in [0.3, 0.4) is 0 Å². The maximum Gasteiger partial charge on any atom is 0.287 e. The van der Waals surface area contributed by atoms with E-state index in [0.717, 1.165) is 5.56 Å². The summed E-state index contributed by atoms with van der Waals surface area (Å²) in [4.78, 5) is 23.7. The smallest absolute Gasteiger partial charge is 0.287 e. The van der Waals surface area contributed by atoms with Gasteiger partial charge in [0.05, 0.1) is 13.7 Å². The van der Waals surface area contributed by atoms with E-state index in [-0.39, 0.29) is 18.2 Å². The van der Waals surface area contributed by atoms with Crippen molar-refractivity contribution in [1.82, 2.24) is 5.32 Å². The number of amides is 2. The zero-order valence-electron chi connectivity index (χ0n) is 12.7. The molecule has 6 heteroatoms. The first-order valence-electron chi connectivity index (χ1n) is 6.78. The Kier molecular flexibility index (Phi) is 4.83. The number of methoxy groups -OCH3 is 1. The highest BCUT2D eigenvalue weighted by Gasteiger charge is 2.13. The number of furan rings is 1. The van der Waals surface area contributed by atoms with Gasteiger partial charge in [0.25, 0.3) is 5.91 Å². The number of benzene rings is 1. The second-order valence-corrected chi connectivity index (χ2v) is 4.81. The van der Waals surface area contributed by atoms with E-state index in [1.54, 1.807) is 44.4 Å². The quantitative estimate of drug-likeness (QED) is 0.888. The van der Waals surface area contributed by atoms with Crippen molar-refractivity contribution >= 4 is 17.5 Å². The SMILES string of the molecule is COc1cccc(NC(=O)CNC(=O)c2cc(C)c(C)o2)c1. The Labute approximate surface area is 128 Å². The molecule has 0 unspecified atom stereocenters. The molecule has 0 aliphatic carbocycles. The standard InChI is InChI=1S/C16H18N2O4/c1-10-7-14(22-11(10)2)16(20)17-9-15(19)18-12-5-4-6-13(8-12)21-3/h4-8H,9H2,1-3H3,(H,17,20)(H,18,19). The van der Waals surface area contributed by atoms with E-state index in [4.69, 9.17) is 9.15 Å². The molecular formula is C16H18N2O4. The van der Waals surface area contributed by atoms with Crippen molar-refractivity contribution in [1.29, 1.82) is 0 Å². The lowest BCUT2D eigenvalue weighted by Gasteiger charge is -2.07. The van der Waals surface area contributed by atoms with E-state index < -0.39 is 5.91 Å². The zero-order chi connectivity index (χ0) is 16.1. The van der Waals surface area contributed by atoms with E-state index in [2.05, 4.69) is 10.6 Å². The molecule has 2 amide bonds. The lowest BCUT2D eigenvalue weighted by Crippen LogP contribution is -2.32. The van der Waals surface area contributed by atoms with Crippen LogP contribution in [0.5, 0.6) is 5.75 Å². The molecule has 0 fully saturated rings. The molecule has 2 rings (SSSR count). The summed E-state index contributed by atoms with van der Waals surface area (Å²) < 4.78 is 10.4. The second kappa shape index (κ2) is 6.80. The molecule has 0 bridgehead atoms. The third kappa shape index (κ3) is 3.88. The fourth-order valence-electron chi connectivity index (χ4n) is 1.84. The van der Waals surface area contributed by atoms with Crippen molar-refractivity contribution in [3.05, 3.63) is 47.4 Å². The van der Waals surface area contributed by atoms with Crippen LogP contribution in [0.2, 0.25) is 0 Å². The van der Waals surface area contributed by atoms with E-state index in [0.29, 0.717) is 17.2 Å². The van der Waals surface area contributed by atoms with Gasteiger partial charge in [-0.1, -0.05) is 6.07 Å². The Bertz CT molecular complexity index is 672. The maximum atomic E-state index is 11.9. The van der Waals surface area contributed by atoms with Crippen molar-refractivity contribution < 1.29 is 18.7 Å². The van der Waals surface area contributed by atoms with Crippen molar-refractivity contribution in [2.75, 3.05) is 19.0 Å². The van der Waals surface area contributed by atoms with Crippen molar-refractivity contribution in [3.8, 4) is 5.75 Å². The summed E-state index contributed by atoms with van der Waals surface area (Å²) in [6, 6.07) is 8.62. The number of anilines is 1. The highest BCUT2D eigenvalue weighted by Crippen LogP contribution is 2.16. The van der Waals surface area contributed by atoms with Gasteiger partial charge >= 0.3 is 0 Å². The number of carbonyl (C=O) groups is 2. The molecule has 0 saturated carbocycles. The van der Waals surface area contributed by atoms with Gasteiger partial charge in [-0.3, -0.25) is 9.59 Å². The van der Waals surface area contributed by atoms with E-state index in [1.807, 2.05) is 6.92 Å². The number of rotatable bonds is 5. The Morgan fingerprint density at radius 2 is 2.00 bits per heavy atom. The van der Waals surface area contributed by atoms with Gasteiger partial charge in [0.15, 0.2) is 5.76 Å². The fraction of sp³-hybridized carbons (Fsp3) is 0.250. The Balaban J connectivity index is 1.88. The van der Waals surface area contributed by atoms with Crippen LogP contribution >= 0.6 is 0 Å². The van der Waals surface area contributed by atoms with Crippen LogP contribution in [0.4, 0.5) is 5.69 Å². The predicted molar refractivity (Wildman–Crippen MR) is 82.1 cm³/mol. The number of nitrogens with one attached hydrogen (secondary N) is 2. The van der Waals surface area contributed by atoms with E-state index in [9.17, 15) is 9.59 Å². The minimum atomic E-state index is -0.419. The van der Waals surface area contributed by atoms with Gasteiger partial charge in [-0.05, 0) is 37.6 Å². The molecule has 1 heterocycles. The highest BCUT2D eigenvalue weighted by atomic mass is 16.5. The van der Waals surface area contributed by atoms with Gasteiger partial charge in [-0.25, -0.2) is 0 Å². The lowest BCUT2D eigenvalue weighted by molar-refractivity contribution is -0.115. The van der Waals surface area contributed by atoms with Crippen LogP contribution in [-0.4, -0.2) is 25.5 Å².